The standard InChI is InChI=1S/C24H24N4O5S2/c1-30-16-6-4-7-17(14-16)32-10-5-11-33-19-9-8-15(13-20(19)31-2)12-18-21(25)28-23(26-22(18)29)35-27-24(28)34-3/h4,6-9,12-14,25H,5,10-11H2,1-3H3/b18-12-,25-21?. The van der Waals surface area contributed by atoms with Crippen molar-refractivity contribution in [2.75, 3.05) is 33.7 Å². The molecule has 2 aromatic carbocycles. The van der Waals surface area contributed by atoms with Crippen LogP contribution in [0.4, 0.5) is 0 Å². The van der Waals surface area contributed by atoms with Gasteiger partial charge in [0.2, 0.25) is 5.17 Å². The van der Waals surface area contributed by atoms with Crippen molar-refractivity contribution < 1.29 is 23.7 Å². The zero-order chi connectivity index (χ0) is 24.8. The number of carbonyl (C=O) groups excluding carboxylic acids is 1. The van der Waals surface area contributed by atoms with Gasteiger partial charge >= 0.3 is 0 Å². The highest BCUT2D eigenvalue weighted by Crippen LogP contribution is 2.33. The summed E-state index contributed by atoms with van der Waals surface area (Å²) in [4.78, 5) is 18.2. The van der Waals surface area contributed by atoms with Gasteiger partial charge in [-0.2, -0.15) is 9.39 Å². The Kier molecular flexibility index (Phi) is 7.98. The smallest absolute Gasteiger partial charge is 0.283 e. The number of ether oxygens (including phenoxy) is 4. The Balaban J connectivity index is 1.38. The van der Waals surface area contributed by atoms with Crippen LogP contribution in [0.15, 0.2) is 57.4 Å². The second-order valence-electron chi connectivity index (χ2n) is 7.25. The number of aliphatic imine (C=N–C) groups is 1. The molecule has 4 rings (SSSR count). The number of fused-ring (bicyclic) bond motifs is 1. The number of amidine groups is 3. The molecule has 0 bridgehead atoms. The number of nitrogens with one attached hydrogen (secondary N) is 1. The van der Waals surface area contributed by atoms with E-state index < -0.39 is 5.91 Å². The lowest BCUT2D eigenvalue weighted by Gasteiger charge is -2.23. The predicted molar refractivity (Wildman–Crippen MR) is 140 cm³/mol. The average molecular weight is 513 g/mol. The summed E-state index contributed by atoms with van der Waals surface area (Å²) in [5.41, 5.74) is 0.875. The number of nitrogens with zero attached hydrogens (tertiary/aromatic N) is 3. The van der Waals surface area contributed by atoms with Crippen LogP contribution in [0.3, 0.4) is 0 Å². The van der Waals surface area contributed by atoms with Crippen LogP contribution in [-0.4, -0.2) is 60.7 Å². The molecule has 2 aromatic rings. The number of carbonyl (C=O) groups is 1. The molecule has 0 atom stereocenters. The number of rotatable bonds is 9. The van der Waals surface area contributed by atoms with Crippen molar-refractivity contribution in [3.63, 3.8) is 0 Å². The number of hydrogen-bond donors (Lipinski definition) is 1. The number of amides is 1. The Labute approximate surface area is 211 Å². The molecule has 0 aliphatic carbocycles. The molecule has 35 heavy (non-hydrogen) atoms. The van der Waals surface area contributed by atoms with Crippen LogP contribution in [0.5, 0.6) is 23.0 Å². The quantitative estimate of drug-likeness (QED) is 0.298. The topological polar surface area (TPSA) is 106 Å². The fourth-order valence-corrected chi connectivity index (χ4v) is 4.77. The lowest BCUT2D eigenvalue weighted by Crippen LogP contribution is -2.41. The molecule has 11 heteroatoms. The Morgan fingerprint density at radius 1 is 1.06 bits per heavy atom. The molecule has 0 saturated heterocycles. The van der Waals surface area contributed by atoms with E-state index in [0.717, 1.165) is 23.4 Å². The maximum atomic E-state index is 12.5. The van der Waals surface area contributed by atoms with Crippen LogP contribution in [0.2, 0.25) is 0 Å². The summed E-state index contributed by atoms with van der Waals surface area (Å²) < 4.78 is 26.5. The first-order valence-electron chi connectivity index (χ1n) is 10.6. The van der Waals surface area contributed by atoms with Gasteiger partial charge in [-0.05, 0) is 42.2 Å². The summed E-state index contributed by atoms with van der Waals surface area (Å²) in [6.07, 6.45) is 4.16. The van der Waals surface area contributed by atoms with Gasteiger partial charge in [-0.15, -0.1) is 0 Å². The van der Waals surface area contributed by atoms with Gasteiger partial charge in [0.15, 0.2) is 16.7 Å². The summed E-state index contributed by atoms with van der Waals surface area (Å²) in [5.74, 6) is 2.16. The van der Waals surface area contributed by atoms with E-state index in [9.17, 15) is 4.79 Å². The number of thioether (sulfide) groups is 1. The minimum absolute atomic E-state index is 0.0495. The third kappa shape index (κ3) is 5.63. The van der Waals surface area contributed by atoms with Crippen LogP contribution in [0.25, 0.3) is 6.08 Å². The fraction of sp³-hybridized carbons (Fsp3) is 0.250. The zero-order valence-electron chi connectivity index (χ0n) is 19.4. The second-order valence-corrected chi connectivity index (χ2v) is 8.75. The maximum absolute atomic E-state index is 12.5. The van der Waals surface area contributed by atoms with E-state index in [0.29, 0.717) is 47.0 Å². The van der Waals surface area contributed by atoms with Crippen molar-refractivity contribution >= 4 is 51.9 Å². The number of methoxy groups -OCH3 is 2. The molecule has 182 valence electrons. The Hall–Kier alpha value is -3.44. The van der Waals surface area contributed by atoms with Crippen molar-refractivity contribution in [3.05, 3.63) is 53.6 Å². The first-order valence-corrected chi connectivity index (χ1v) is 12.6. The van der Waals surface area contributed by atoms with E-state index >= 15 is 0 Å². The minimum Gasteiger partial charge on any atom is -0.497 e. The molecule has 2 aliphatic rings. The highest BCUT2D eigenvalue weighted by atomic mass is 32.2. The molecule has 2 heterocycles. The monoisotopic (exact) mass is 512 g/mol. The van der Waals surface area contributed by atoms with Gasteiger partial charge in [0.25, 0.3) is 5.91 Å². The molecule has 0 spiro atoms. The van der Waals surface area contributed by atoms with Crippen LogP contribution < -0.4 is 18.9 Å². The predicted octanol–water partition coefficient (Wildman–Crippen LogP) is 4.49. The Bertz CT molecular complexity index is 1230. The summed E-state index contributed by atoms with van der Waals surface area (Å²) in [7, 11) is 3.17. The lowest BCUT2D eigenvalue weighted by molar-refractivity contribution is -0.114. The van der Waals surface area contributed by atoms with Gasteiger partial charge in [0.1, 0.15) is 17.3 Å². The van der Waals surface area contributed by atoms with Gasteiger partial charge < -0.3 is 18.9 Å². The van der Waals surface area contributed by atoms with E-state index in [1.165, 1.54) is 11.8 Å². The maximum Gasteiger partial charge on any atom is 0.283 e. The van der Waals surface area contributed by atoms with Crippen LogP contribution in [0, 0.1) is 5.41 Å². The van der Waals surface area contributed by atoms with Gasteiger partial charge in [0.05, 0.1) is 45.0 Å². The van der Waals surface area contributed by atoms with Crippen molar-refractivity contribution in [2.45, 2.75) is 6.42 Å². The first kappa shape index (κ1) is 24.7. The molecule has 0 fully saturated rings. The number of hydrogen-bond acceptors (Lipinski definition) is 9. The molecule has 9 nitrogen and oxygen atoms in total. The van der Waals surface area contributed by atoms with Crippen molar-refractivity contribution in [3.8, 4) is 23.0 Å². The second kappa shape index (κ2) is 11.3. The van der Waals surface area contributed by atoms with Gasteiger partial charge in [0, 0.05) is 12.5 Å². The van der Waals surface area contributed by atoms with Crippen LogP contribution in [0.1, 0.15) is 12.0 Å². The average Bonchev–Trinajstić information content (AvgIpc) is 3.29. The highest BCUT2D eigenvalue weighted by molar-refractivity contribution is 8.18. The summed E-state index contributed by atoms with van der Waals surface area (Å²) in [5, 5.41) is 9.54. The van der Waals surface area contributed by atoms with Gasteiger partial charge in [-0.25, -0.2) is 4.90 Å². The fourth-order valence-electron chi connectivity index (χ4n) is 3.31. The van der Waals surface area contributed by atoms with Crippen molar-refractivity contribution in [2.24, 2.45) is 9.39 Å². The highest BCUT2D eigenvalue weighted by Gasteiger charge is 2.37. The minimum atomic E-state index is -0.471. The largest absolute Gasteiger partial charge is 0.497 e. The van der Waals surface area contributed by atoms with Crippen molar-refractivity contribution in [1.29, 1.82) is 5.41 Å². The first-order chi connectivity index (χ1) is 17.0. The molecule has 0 aromatic heterocycles. The Morgan fingerprint density at radius 3 is 2.63 bits per heavy atom. The molecule has 0 radical (unpaired) electrons. The molecule has 0 unspecified atom stereocenters. The van der Waals surface area contributed by atoms with Gasteiger partial charge in [-0.3, -0.25) is 10.2 Å². The number of benzene rings is 2. The van der Waals surface area contributed by atoms with Crippen LogP contribution in [-0.2, 0) is 4.79 Å². The van der Waals surface area contributed by atoms with E-state index in [1.54, 1.807) is 43.4 Å². The SMILES string of the molecule is COc1cccc(OCCCOc2ccc(/C=C3/C(=N)N4C(SC)=NSC4=NC3=O)cc2OC)c1. The third-order valence-corrected chi connectivity index (χ3v) is 6.49. The Morgan fingerprint density at radius 2 is 1.86 bits per heavy atom. The van der Waals surface area contributed by atoms with Crippen LogP contribution >= 0.6 is 23.7 Å². The summed E-state index contributed by atoms with van der Waals surface area (Å²) in [6, 6.07) is 12.8. The zero-order valence-corrected chi connectivity index (χ0v) is 21.1. The third-order valence-electron chi connectivity index (χ3n) is 5.03. The van der Waals surface area contributed by atoms with E-state index in [4.69, 9.17) is 24.4 Å². The van der Waals surface area contributed by atoms with E-state index in [1.807, 2.05) is 30.5 Å². The molecular formula is C24H24N4O5S2. The molecule has 0 saturated carbocycles. The van der Waals surface area contributed by atoms with Crippen molar-refractivity contribution in [1.82, 2.24) is 4.90 Å². The lowest BCUT2D eigenvalue weighted by atomic mass is 10.1. The molecule has 1 amide bonds. The normalized spacial score (nSPS) is 16.1. The molecular weight excluding hydrogens is 488 g/mol. The molecule has 2 aliphatic heterocycles. The summed E-state index contributed by atoms with van der Waals surface area (Å²) in [6.45, 7) is 0.924. The van der Waals surface area contributed by atoms with E-state index in [2.05, 4.69) is 9.39 Å². The molecule has 1 N–H and O–H groups in total. The van der Waals surface area contributed by atoms with Gasteiger partial charge in [-0.1, -0.05) is 23.9 Å². The summed E-state index contributed by atoms with van der Waals surface area (Å²) >= 11 is 2.49. The van der Waals surface area contributed by atoms with E-state index in [-0.39, 0.29) is 11.4 Å².